The Labute approximate surface area is 215 Å². The van der Waals surface area contributed by atoms with Crippen LogP contribution in [-0.4, -0.2) is 30.2 Å². The molecule has 6 nitrogen and oxygen atoms in total. The smallest absolute Gasteiger partial charge is 0.338 e. The highest BCUT2D eigenvalue weighted by Gasteiger charge is 2.64. The first-order valence-electron chi connectivity index (χ1n) is 12.7. The quantitative estimate of drug-likeness (QED) is 0.275. The number of rotatable bonds is 6. The van der Waals surface area contributed by atoms with Crippen LogP contribution in [0.5, 0.6) is 0 Å². The summed E-state index contributed by atoms with van der Waals surface area (Å²) in [6.07, 6.45) is 1.83. The number of aryl methyl sites for hydroxylation is 1. The van der Waals surface area contributed by atoms with Crippen molar-refractivity contribution in [3.63, 3.8) is 0 Å². The monoisotopic (exact) mass is 493 g/mol. The Morgan fingerprint density at radius 2 is 1.57 bits per heavy atom. The number of carbonyl (C=O) groups excluding carboxylic acids is 4. The molecule has 37 heavy (non-hydrogen) atoms. The van der Waals surface area contributed by atoms with Crippen LogP contribution in [0.1, 0.15) is 50.6 Å². The summed E-state index contributed by atoms with van der Waals surface area (Å²) < 4.78 is 5.25. The summed E-state index contributed by atoms with van der Waals surface area (Å²) in [5, 5.41) is 0. The van der Waals surface area contributed by atoms with Crippen LogP contribution in [-0.2, 0) is 14.3 Å². The zero-order valence-electron chi connectivity index (χ0n) is 20.5. The summed E-state index contributed by atoms with van der Waals surface area (Å²) >= 11 is 0. The maximum Gasteiger partial charge on any atom is 0.338 e. The van der Waals surface area contributed by atoms with Crippen molar-refractivity contribution < 1.29 is 23.9 Å². The standard InChI is InChI=1S/C31H27NO5/c1-18-10-12-20(13-11-18)26(33)17-37-31(36)21-8-5-9-23(14-21)32-29(34)27-22-15-24(19-6-3-2-4-7-19)25(16-22)28(27)30(32)35/h2-14,22,24-25,27-28H,15-17H2,1H3/t22-,24-,25+,27+,28-/m0/s1. The highest BCUT2D eigenvalue weighted by Crippen LogP contribution is 2.61. The predicted octanol–water partition coefficient (Wildman–Crippen LogP) is 4.96. The van der Waals surface area contributed by atoms with Gasteiger partial charge in [0.25, 0.3) is 0 Å². The number of esters is 1. The van der Waals surface area contributed by atoms with Crippen molar-refractivity contribution in [2.45, 2.75) is 25.7 Å². The number of anilines is 1. The number of amides is 2. The van der Waals surface area contributed by atoms with E-state index < -0.39 is 5.97 Å². The molecule has 5 atom stereocenters. The Hall–Kier alpha value is -4.06. The number of hydrogen-bond acceptors (Lipinski definition) is 5. The molecule has 2 aliphatic carbocycles. The minimum absolute atomic E-state index is 0.153. The van der Waals surface area contributed by atoms with Gasteiger partial charge in [-0.25, -0.2) is 4.79 Å². The van der Waals surface area contributed by atoms with Crippen LogP contribution >= 0.6 is 0 Å². The lowest BCUT2D eigenvalue weighted by Crippen LogP contribution is -2.33. The summed E-state index contributed by atoms with van der Waals surface area (Å²) in [5.41, 5.74) is 3.30. The van der Waals surface area contributed by atoms with E-state index in [1.54, 1.807) is 30.3 Å². The van der Waals surface area contributed by atoms with Crippen LogP contribution in [0.2, 0.25) is 0 Å². The number of carbonyl (C=O) groups is 4. The molecule has 2 bridgehead atoms. The predicted molar refractivity (Wildman–Crippen MR) is 137 cm³/mol. The van der Waals surface area contributed by atoms with Crippen molar-refractivity contribution >= 4 is 29.3 Å². The second-order valence-electron chi connectivity index (χ2n) is 10.4. The number of hydrogen-bond donors (Lipinski definition) is 0. The largest absolute Gasteiger partial charge is 0.454 e. The van der Waals surface area contributed by atoms with Crippen LogP contribution in [0.15, 0.2) is 78.9 Å². The molecular weight excluding hydrogens is 466 g/mol. The molecule has 1 heterocycles. The zero-order valence-corrected chi connectivity index (χ0v) is 20.5. The Balaban J connectivity index is 1.18. The van der Waals surface area contributed by atoms with Crippen LogP contribution in [0.4, 0.5) is 5.69 Å². The van der Waals surface area contributed by atoms with Gasteiger partial charge in [-0.3, -0.25) is 19.3 Å². The van der Waals surface area contributed by atoms with Crippen LogP contribution in [0.25, 0.3) is 0 Å². The fourth-order valence-electron chi connectivity index (χ4n) is 6.61. The molecule has 2 amide bonds. The molecule has 3 aromatic carbocycles. The zero-order chi connectivity index (χ0) is 25.7. The molecule has 1 saturated heterocycles. The van der Waals surface area contributed by atoms with Gasteiger partial charge in [-0.05, 0) is 61.3 Å². The Bertz CT molecular complexity index is 1400. The van der Waals surface area contributed by atoms with Gasteiger partial charge in [0, 0.05) is 5.56 Å². The average molecular weight is 494 g/mol. The third kappa shape index (κ3) is 3.97. The van der Waals surface area contributed by atoms with Crippen LogP contribution in [0, 0.1) is 30.6 Å². The molecule has 186 valence electrons. The molecule has 1 aliphatic heterocycles. The van der Waals surface area contributed by atoms with E-state index in [4.69, 9.17) is 4.74 Å². The van der Waals surface area contributed by atoms with Gasteiger partial charge in [0.1, 0.15) is 0 Å². The second-order valence-corrected chi connectivity index (χ2v) is 10.4. The molecule has 0 spiro atoms. The highest BCUT2D eigenvalue weighted by atomic mass is 16.5. The minimum atomic E-state index is -0.675. The summed E-state index contributed by atoms with van der Waals surface area (Å²) in [4.78, 5) is 53.4. The molecule has 0 aromatic heterocycles. The molecule has 6 heteroatoms. The van der Waals surface area contributed by atoms with Gasteiger partial charge >= 0.3 is 5.97 Å². The number of imide groups is 1. The van der Waals surface area contributed by atoms with Gasteiger partial charge < -0.3 is 4.74 Å². The molecule has 2 saturated carbocycles. The minimum Gasteiger partial charge on any atom is -0.454 e. The second kappa shape index (κ2) is 9.11. The van der Waals surface area contributed by atoms with Crippen molar-refractivity contribution in [2.75, 3.05) is 11.5 Å². The topological polar surface area (TPSA) is 80.8 Å². The molecule has 3 aromatic rings. The number of Topliss-reactive ketones (excluding diaryl/α,β-unsaturated/α-hetero) is 1. The molecule has 3 aliphatic rings. The van der Waals surface area contributed by atoms with Gasteiger partial charge in [0.05, 0.1) is 23.1 Å². The van der Waals surface area contributed by atoms with Crippen molar-refractivity contribution in [3.05, 3.63) is 101 Å². The molecular formula is C31H27NO5. The van der Waals surface area contributed by atoms with Crippen molar-refractivity contribution in [3.8, 4) is 0 Å². The Morgan fingerprint density at radius 3 is 2.32 bits per heavy atom. The van der Waals surface area contributed by atoms with Crippen molar-refractivity contribution in [2.24, 2.45) is 23.7 Å². The van der Waals surface area contributed by atoms with Gasteiger partial charge in [-0.15, -0.1) is 0 Å². The lowest BCUT2D eigenvalue weighted by Gasteiger charge is -2.28. The lowest BCUT2D eigenvalue weighted by atomic mass is 9.73. The fourth-order valence-corrected chi connectivity index (χ4v) is 6.61. The number of benzene rings is 3. The van der Waals surface area contributed by atoms with Gasteiger partial charge in [-0.2, -0.15) is 0 Å². The SMILES string of the molecule is Cc1ccc(C(=O)COC(=O)c2cccc(N3C(=O)[C@@H]4[C@@H]5C[C@@H]([C@@H]4C3=O)[C@H](c3ccccc3)C5)c2)cc1. The summed E-state index contributed by atoms with van der Waals surface area (Å²) in [7, 11) is 0. The maximum absolute atomic E-state index is 13.6. The molecule has 6 rings (SSSR count). The van der Waals surface area contributed by atoms with E-state index in [2.05, 4.69) is 12.1 Å². The molecule has 0 unspecified atom stereocenters. The van der Waals surface area contributed by atoms with E-state index >= 15 is 0 Å². The number of nitrogens with zero attached hydrogens (tertiary/aromatic N) is 1. The van der Waals surface area contributed by atoms with E-state index in [0.29, 0.717) is 11.3 Å². The van der Waals surface area contributed by atoms with Crippen LogP contribution in [0.3, 0.4) is 0 Å². The molecule has 0 radical (unpaired) electrons. The Morgan fingerprint density at radius 1 is 0.838 bits per heavy atom. The third-order valence-corrected chi connectivity index (χ3v) is 8.29. The fraction of sp³-hybridized carbons (Fsp3) is 0.290. The molecule has 3 fully saturated rings. The molecule has 0 N–H and O–H groups in total. The van der Waals surface area contributed by atoms with Crippen LogP contribution < -0.4 is 4.90 Å². The average Bonchev–Trinajstić information content (AvgIpc) is 3.59. The lowest BCUT2D eigenvalue weighted by molar-refractivity contribution is -0.123. The number of fused-ring (bicyclic) bond motifs is 5. The van der Waals surface area contributed by atoms with Gasteiger partial charge in [0.15, 0.2) is 12.4 Å². The first-order chi connectivity index (χ1) is 17.9. The van der Waals surface area contributed by atoms with Gasteiger partial charge in [-0.1, -0.05) is 66.2 Å². The first kappa shape index (κ1) is 23.3. The maximum atomic E-state index is 13.6. The third-order valence-electron chi connectivity index (χ3n) is 8.29. The number of ether oxygens (including phenoxy) is 1. The van der Waals surface area contributed by atoms with Crippen molar-refractivity contribution in [1.29, 1.82) is 0 Å². The van der Waals surface area contributed by atoms with E-state index in [-0.39, 0.29) is 59.4 Å². The normalized spacial score (nSPS) is 25.9. The van der Waals surface area contributed by atoms with E-state index in [1.165, 1.54) is 16.5 Å². The van der Waals surface area contributed by atoms with Gasteiger partial charge in [0.2, 0.25) is 11.8 Å². The van der Waals surface area contributed by atoms with E-state index in [1.807, 2.05) is 37.3 Å². The summed E-state index contributed by atoms with van der Waals surface area (Å²) in [6, 6.07) is 23.7. The summed E-state index contributed by atoms with van der Waals surface area (Å²) in [5.74, 6) is -1.30. The first-order valence-corrected chi connectivity index (χ1v) is 12.7. The Kier molecular flexibility index (Phi) is 5.75. The summed E-state index contributed by atoms with van der Waals surface area (Å²) in [6.45, 7) is 1.54. The van der Waals surface area contributed by atoms with E-state index in [9.17, 15) is 19.2 Å². The highest BCUT2D eigenvalue weighted by molar-refractivity contribution is 6.23. The van der Waals surface area contributed by atoms with Crippen molar-refractivity contribution in [1.82, 2.24) is 0 Å². The number of ketones is 1. The van der Waals surface area contributed by atoms with E-state index in [0.717, 1.165) is 18.4 Å².